The highest BCUT2D eigenvalue weighted by molar-refractivity contribution is 4.90. The molecule has 2 fully saturated rings. The molecule has 2 N–H and O–H groups in total. The first-order valence-corrected chi connectivity index (χ1v) is 7.46. The Balaban J connectivity index is 2.02. The second-order valence-electron chi connectivity index (χ2n) is 7.22. The van der Waals surface area contributed by atoms with Crippen LogP contribution in [0, 0.1) is 17.3 Å². The fourth-order valence-corrected chi connectivity index (χ4v) is 3.89. The molecule has 2 heteroatoms. The molecule has 3 atom stereocenters. The van der Waals surface area contributed by atoms with Crippen LogP contribution in [0.1, 0.15) is 52.9 Å². The van der Waals surface area contributed by atoms with Gasteiger partial charge in [-0.1, -0.05) is 27.2 Å². The summed E-state index contributed by atoms with van der Waals surface area (Å²) in [5, 5.41) is 0. The Kier molecular flexibility index (Phi) is 4.14. The standard InChI is InChI=1S/C15H30N2/c1-12-5-6-13(10-16)14(9-12)17-8-4-7-15(2,3)11-17/h12-14H,4-11,16H2,1-3H3. The van der Waals surface area contributed by atoms with E-state index in [0.29, 0.717) is 5.41 Å². The largest absolute Gasteiger partial charge is 0.330 e. The number of nitrogens with zero attached hydrogens (tertiary/aromatic N) is 1. The predicted molar refractivity (Wildman–Crippen MR) is 73.9 cm³/mol. The summed E-state index contributed by atoms with van der Waals surface area (Å²) in [5.74, 6) is 1.65. The lowest BCUT2D eigenvalue weighted by molar-refractivity contribution is 0.0244. The summed E-state index contributed by atoms with van der Waals surface area (Å²) < 4.78 is 0. The molecular weight excluding hydrogens is 208 g/mol. The summed E-state index contributed by atoms with van der Waals surface area (Å²) in [5.41, 5.74) is 6.50. The van der Waals surface area contributed by atoms with Gasteiger partial charge in [-0.15, -0.1) is 0 Å². The number of hydrogen-bond donors (Lipinski definition) is 1. The van der Waals surface area contributed by atoms with E-state index in [1.165, 1.54) is 45.2 Å². The maximum absolute atomic E-state index is 5.99. The fraction of sp³-hybridized carbons (Fsp3) is 1.00. The highest BCUT2D eigenvalue weighted by Gasteiger charge is 2.36. The summed E-state index contributed by atoms with van der Waals surface area (Å²) in [6.45, 7) is 10.7. The van der Waals surface area contributed by atoms with E-state index in [1.54, 1.807) is 0 Å². The Bertz CT molecular complexity index is 249. The summed E-state index contributed by atoms with van der Waals surface area (Å²) in [7, 11) is 0. The lowest BCUT2D eigenvalue weighted by Crippen LogP contribution is -2.52. The van der Waals surface area contributed by atoms with Crippen LogP contribution >= 0.6 is 0 Å². The van der Waals surface area contributed by atoms with Gasteiger partial charge in [-0.25, -0.2) is 0 Å². The van der Waals surface area contributed by atoms with Gasteiger partial charge in [0.2, 0.25) is 0 Å². The van der Waals surface area contributed by atoms with Gasteiger partial charge in [0.15, 0.2) is 0 Å². The van der Waals surface area contributed by atoms with Crippen LogP contribution in [-0.2, 0) is 0 Å². The van der Waals surface area contributed by atoms with Crippen molar-refractivity contribution >= 4 is 0 Å². The molecule has 0 aromatic rings. The summed E-state index contributed by atoms with van der Waals surface area (Å²) in [6.07, 6.45) is 6.86. The maximum Gasteiger partial charge on any atom is 0.0138 e. The minimum Gasteiger partial charge on any atom is -0.330 e. The van der Waals surface area contributed by atoms with E-state index in [1.807, 2.05) is 0 Å². The molecule has 0 amide bonds. The Morgan fingerprint density at radius 2 is 2.06 bits per heavy atom. The average Bonchev–Trinajstić information content (AvgIpc) is 2.27. The molecule has 1 aliphatic carbocycles. The quantitative estimate of drug-likeness (QED) is 0.801. The van der Waals surface area contributed by atoms with E-state index >= 15 is 0 Å². The molecule has 2 nitrogen and oxygen atoms in total. The minimum absolute atomic E-state index is 0.512. The Morgan fingerprint density at radius 3 is 2.71 bits per heavy atom. The molecule has 1 heterocycles. The Labute approximate surface area is 107 Å². The van der Waals surface area contributed by atoms with Gasteiger partial charge >= 0.3 is 0 Å². The van der Waals surface area contributed by atoms with Gasteiger partial charge in [-0.2, -0.15) is 0 Å². The van der Waals surface area contributed by atoms with Crippen molar-refractivity contribution in [1.82, 2.24) is 4.90 Å². The molecule has 0 aromatic carbocycles. The monoisotopic (exact) mass is 238 g/mol. The van der Waals surface area contributed by atoms with E-state index in [4.69, 9.17) is 5.73 Å². The lowest BCUT2D eigenvalue weighted by Gasteiger charge is -2.47. The van der Waals surface area contributed by atoms with E-state index in [0.717, 1.165) is 24.4 Å². The van der Waals surface area contributed by atoms with Gasteiger partial charge in [-0.05, 0) is 56.0 Å². The second kappa shape index (κ2) is 5.27. The Hall–Kier alpha value is -0.0800. The molecule has 17 heavy (non-hydrogen) atoms. The van der Waals surface area contributed by atoms with Crippen LogP contribution in [0.15, 0.2) is 0 Å². The van der Waals surface area contributed by atoms with Gasteiger partial charge in [-0.3, -0.25) is 4.90 Å². The second-order valence-corrected chi connectivity index (χ2v) is 7.22. The van der Waals surface area contributed by atoms with Gasteiger partial charge < -0.3 is 5.73 Å². The molecule has 0 radical (unpaired) electrons. The van der Waals surface area contributed by atoms with E-state index in [9.17, 15) is 0 Å². The number of nitrogens with two attached hydrogens (primary N) is 1. The highest BCUT2D eigenvalue weighted by atomic mass is 15.2. The lowest BCUT2D eigenvalue weighted by atomic mass is 9.76. The van der Waals surface area contributed by atoms with E-state index in [-0.39, 0.29) is 0 Å². The zero-order valence-corrected chi connectivity index (χ0v) is 11.9. The summed E-state index contributed by atoms with van der Waals surface area (Å²) in [4.78, 5) is 2.76. The van der Waals surface area contributed by atoms with Gasteiger partial charge in [0.05, 0.1) is 0 Å². The van der Waals surface area contributed by atoms with Crippen LogP contribution in [0.5, 0.6) is 0 Å². The molecule has 100 valence electrons. The number of piperidine rings is 1. The molecule has 0 bridgehead atoms. The average molecular weight is 238 g/mol. The van der Waals surface area contributed by atoms with Crippen molar-refractivity contribution in [1.29, 1.82) is 0 Å². The number of rotatable bonds is 2. The summed E-state index contributed by atoms with van der Waals surface area (Å²) >= 11 is 0. The van der Waals surface area contributed by atoms with E-state index < -0.39 is 0 Å². The van der Waals surface area contributed by atoms with Gasteiger partial charge in [0.25, 0.3) is 0 Å². The highest BCUT2D eigenvalue weighted by Crippen LogP contribution is 2.36. The van der Waals surface area contributed by atoms with Crippen molar-refractivity contribution in [2.45, 2.75) is 58.9 Å². The van der Waals surface area contributed by atoms with Crippen molar-refractivity contribution in [3.63, 3.8) is 0 Å². The van der Waals surface area contributed by atoms with E-state index in [2.05, 4.69) is 25.7 Å². The normalized spacial score (nSPS) is 39.2. The smallest absolute Gasteiger partial charge is 0.0138 e. The van der Waals surface area contributed by atoms with Crippen molar-refractivity contribution < 1.29 is 0 Å². The molecule has 3 unspecified atom stereocenters. The first-order chi connectivity index (χ1) is 8.02. The zero-order valence-electron chi connectivity index (χ0n) is 11.9. The first-order valence-electron chi connectivity index (χ1n) is 7.46. The molecule has 2 rings (SSSR count). The molecule has 1 saturated heterocycles. The number of hydrogen-bond acceptors (Lipinski definition) is 2. The third kappa shape index (κ3) is 3.23. The molecule has 1 saturated carbocycles. The van der Waals surface area contributed by atoms with Crippen LogP contribution in [0.2, 0.25) is 0 Å². The molecule has 0 aromatic heterocycles. The van der Waals surface area contributed by atoms with Crippen LogP contribution in [-0.4, -0.2) is 30.6 Å². The fourth-order valence-electron chi connectivity index (χ4n) is 3.89. The van der Waals surface area contributed by atoms with Gasteiger partial charge in [0.1, 0.15) is 0 Å². The molecule has 0 spiro atoms. The zero-order chi connectivity index (χ0) is 12.5. The maximum atomic E-state index is 5.99. The topological polar surface area (TPSA) is 29.3 Å². The van der Waals surface area contributed by atoms with Crippen molar-refractivity contribution in [2.75, 3.05) is 19.6 Å². The van der Waals surface area contributed by atoms with Crippen LogP contribution in [0.3, 0.4) is 0 Å². The van der Waals surface area contributed by atoms with Crippen molar-refractivity contribution in [3.8, 4) is 0 Å². The predicted octanol–water partition coefficient (Wildman–Crippen LogP) is 2.87. The van der Waals surface area contributed by atoms with Crippen LogP contribution < -0.4 is 5.73 Å². The Morgan fingerprint density at radius 1 is 1.29 bits per heavy atom. The molecule has 2 aliphatic rings. The van der Waals surface area contributed by atoms with Crippen molar-refractivity contribution in [2.24, 2.45) is 23.0 Å². The first kappa shape index (κ1) is 13.4. The van der Waals surface area contributed by atoms with Crippen LogP contribution in [0.4, 0.5) is 0 Å². The van der Waals surface area contributed by atoms with Gasteiger partial charge in [0, 0.05) is 12.6 Å². The summed E-state index contributed by atoms with van der Waals surface area (Å²) in [6, 6.07) is 0.767. The third-order valence-corrected chi connectivity index (χ3v) is 4.92. The molecule has 1 aliphatic heterocycles. The SMILES string of the molecule is CC1CCC(CN)C(N2CCCC(C)(C)C2)C1. The minimum atomic E-state index is 0.512. The molecular formula is C15H30N2. The number of likely N-dealkylation sites (tertiary alicyclic amines) is 1. The van der Waals surface area contributed by atoms with Crippen LogP contribution in [0.25, 0.3) is 0 Å². The third-order valence-electron chi connectivity index (χ3n) is 4.92. The van der Waals surface area contributed by atoms with Crippen molar-refractivity contribution in [3.05, 3.63) is 0 Å².